The van der Waals surface area contributed by atoms with Crippen LogP contribution < -0.4 is 5.32 Å². The molecule has 0 aromatic rings. The lowest BCUT2D eigenvalue weighted by atomic mass is 9.95. The maximum absolute atomic E-state index is 11.6. The van der Waals surface area contributed by atoms with Crippen LogP contribution in [0.2, 0.25) is 0 Å². The van der Waals surface area contributed by atoms with E-state index < -0.39 is 0 Å². The van der Waals surface area contributed by atoms with Gasteiger partial charge in [0.1, 0.15) is 6.67 Å². The van der Waals surface area contributed by atoms with Crippen molar-refractivity contribution in [3.05, 3.63) is 0 Å². The summed E-state index contributed by atoms with van der Waals surface area (Å²) in [6, 6.07) is 0. The predicted molar refractivity (Wildman–Crippen MR) is 47.0 cm³/mol. The zero-order valence-corrected chi connectivity index (χ0v) is 7.52. The molecule has 2 nitrogen and oxygen atoms in total. The summed E-state index contributed by atoms with van der Waals surface area (Å²) < 4.78 is 16.7. The van der Waals surface area contributed by atoms with Crippen molar-refractivity contribution in [1.29, 1.82) is 0 Å². The van der Waals surface area contributed by atoms with E-state index >= 15 is 0 Å². The molecule has 1 fully saturated rings. The van der Waals surface area contributed by atoms with Gasteiger partial charge in [0.2, 0.25) is 0 Å². The largest absolute Gasteiger partial charge is 0.379 e. The number of nitrogens with one attached hydrogen (secondary N) is 1. The van der Waals surface area contributed by atoms with E-state index in [0.29, 0.717) is 0 Å². The van der Waals surface area contributed by atoms with Crippen LogP contribution in [0.3, 0.4) is 0 Å². The summed E-state index contributed by atoms with van der Waals surface area (Å²) in [5.74, 6) is 0.797. The van der Waals surface area contributed by atoms with Crippen LogP contribution in [0.4, 0.5) is 4.39 Å². The first-order valence-electron chi connectivity index (χ1n) is 4.78. The third-order valence-corrected chi connectivity index (χ3v) is 2.35. The maximum atomic E-state index is 11.6. The number of ether oxygens (including phenoxy) is 1. The van der Waals surface area contributed by atoms with Gasteiger partial charge in [-0.25, -0.2) is 4.39 Å². The van der Waals surface area contributed by atoms with Gasteiger partial charge in [-0.2, -0.15) is 0 Å². The highest BCUT2D eigenvalue weighted by atomic mass is 19.1. The molecule has 0 aliphatic carbocycles. The summed E-state index contributed by atoms with van der Waals surface area (Å²) in [5.41, 5.74) is 0. The van der Waals surface area contributed by atoms with E-state index in [1.54, 1.807) is 0 Å². The monoisotopic (exact) mass is 175 g/mol. The Morgan fingerprint density at radius 1 is 1.25 bits per heavy atom. The second-order valence-corrected chi connectivity index (χ2v) is 3.28. The molecule has 0 amide bonds. The quantitative estimate of drug-likeness (QED) is 0.637. The van der Waals surface area contributed by atoms with Crippen molar-refractivity contribution in [2.45, 2.75) is 19.3 Å². The van der Waals surface area contributed by atoms with Crippen molar-refractivity contribution in [3.8, 4) is 0 Å². The van der Waals surface area contributed by atoms with Gasteiger partial charge in [0.15, 0.2) is 0 Å². The Hall–Kier alpha value is -0.150. The molecule has 0 radical (unpaired) electrons. The van der Waals surface area contributed by atoms with Crippen LogP contribution >= 0.6 is 0 Å². The minimum absolute atomic E-state index is 0.269. The second kappa shape index (κ2) is 6.38. The molecule has 12 heavy (non-hydrogen) atoms. The molecule has 1 heterocycles. The minimum atomic E-state index is -0.355. The van der Waals surface area contributed by atoms with Crippen LogP contribution in [0, 0.1) is 5.92 Å². The van der Waals surface area contributed by atoms with Crippen LogP contribution in [0.25, 0.3) is 0 Å². The van der Waals surface area contributed by atoms with Crippen molar-refractivity contribution in [2.75, 3.05) is 33.0 Å². The third kappa shape index (κ3) is 4.02. The highest BCUT2D eigenvalue weighted by Crippen LogP contribution is 2.15. The molecule has 1 aliphatic heterocycles. The normalized spacial score (nSPS) is 19.8. The van der Waals surface area contributed by atoms with Gasteiger partial charge in [-0.3, -0.25) is 0 Å². The summed E-state index contributed by atoms with van der Waals surface area (Å²) in [6.07, 6.45) is 3.60. The molecule has 3 heteroatoms. The number of hydrogen-bond donors (Lipinski definition) is 1. The number of halogens is 1. The third-order valence-electron chi connectivity index (χ3n) is 2.35. The zero-order valence-electron chi connectivity index (χ0n) is 7.52. The van der Waals surface area contributed by atoms with Crippen molar-refractivity contribution in [2.24, 2.45) is 5.92 Å². The zero-order chi connectivity index (χ0) is 8.65. The fourth-order valence-corrected chi connectivity index (χ4v) is 1.58. The first-order chi connectivity index (χ1) is 5.93. The second-order valence-electron chi connectivity index (χ2n) is 3.28. The molecule has 0 aromatic heterocycles. The minimum Gasteiger partial charge on any atom is -0.379 e. The van der Waals surface area contributed by atoms with E-state index in [9.17, 15) is 4.39 Å². The van der Waals surface area contributed by atoms with Crippen molar-refractivity contribution >= 4 is 0 Å². The molecule has 1 aliphatic rings. The molecule has 0 atom stereocenters. The average molecular weight is 175 g/mol. The van der Waals surface area contributed by atoms with E-state index in [2.05, 4.69) is 5.32 Å². The summed E-state index contributed by atoms with van der Waals surface area (Å²) in [4.78, 5) is 0. The van der Waals surface area contributed by atoms with Crippen LogP contribution in [0.15, 0.2) is 0 Å². The van der Waals surface area contributed by atoms with E-state index in [0.717, 1.165) is 32.0 Å². The number of hydrogen-bond acceptors (Lipinski definition) is 2. The predicted octanol–water partition coefficient (Wildman–Crippen LogP) is 1.36. The van der Waals surface area contributed by atoms with Gasteiger partial charge >= 0.3 is 0 Å². The standard InChI is InChI=1S/C9H18FNO/c10-4-8-12-7-3-9-1-5-11-6-2-9/h9,11H,1-8H2. The van der Waals surface area contributed by atoms with Gasteiger partial charge in [0.05, 0.1) is 6.61 Å². The van der Waals surface area contributed by atoms with E-state index in [-0.39, 0.29) is 13.3 Å². The lowest BCUT2D eigenvalue weighted by molar-refractivity contribution is 0.102. The van der Waals surface area contributed by atoms with Crippen LogP contribution in [-0.4, -0.2) is 33.0 Å². The Morgan fingerprint density at radius 3 is 2.67 bits per heavy atom. The highest BCUT2D eigenvalue weighted by Gasteiger charge is 2.11. The number of rotatable bonds is 5. The van der Waals surface area contributed by atoms with Gasteiger partial charge in [-0.1, -0.05) is 0 Å². The Bertz CT molecular complexity index is 105. The molecule has 1 saturated heterocycles. The Kier molecular flexibility index (Phi) is 5.28. The van der Waals surface area contributed by atoms with Gasteiger partial charge in [0, 0.05) is 6.61 Å². The number of piperidine rings is 1. The molecule has 1 N–H and O–H groups in total. The van der Waals surface area contributed by atoms with Gasteiger partial charge in [0.25, 0.3) is 0 Å². The first kappa shape index (κ1) is 9.93. The Labute approximate surface area is 73.5 Å². The molecule has 72 valence electrons. The molecule has 0 saturated carbocycles. The SMILES string of the molecule is FCCOCCC1CCNCC1. The lowest BCUT2D eigenvalue weighted by Gasteiger charge is -2.22. The molecular formula is C9H18FNO. The van der Waals surface area contributed by atoms with Gasteiger partial charge in [-0.15, -0.1) is 0 Å². The van der Waals surface area contributed by atoms with Crippen LogP contribution in [0.5, 0.6) is 0 Å². The van der Waals surface area contributed by atoms with E-state index in [1.807, 2.05) is 0 Å². The molecule has 0 unspecified atom stereocenters. The maximum Gasteiger partial charge on any atom is 0.113 e. The van der Waals surface area contributed by atoms with Crippen LogP contribution in [0.1, 0.15) is 19.3 Å². The Morgan fingerprint density at radius 2 is 2.00 bits per heavy atom. The average Bonchev–Trinajstić information content (AvgIpc) is 2.14. The molecular weight excluding hydrogens is 157 g/mol. The topological polar surface area (TPSA) is 21.3 Å². The van der Waals surface area contributed by atoms with Crippen molar-refractivity contribution < 1.29 is 9.13 Å². The summed E-state index contributed by atoms with van der Waals surface area (Å²) in [6.45, 7) is 2.91. The summed E-state index contributed by atoms with van der Waals surface area (Å²) in [7, 11) is 0. The fourth-order valence-electron chi connectivity index (χ4n) is 1.58. The van der Waals surface area contributed by atoms with E-state index in [4.69, 9.17) is 4.74 Å². The molecule has 0 spiro atoms. The highest BCUT2D eigenvalue weighted by molar-refractivity contribution is 4.67. The smallest absolute Gasteiger partial charge is 0.113 e. The van der Waals surface area contributed by atoms with Crippen molar-refractivity contribution in [3.63, 3.8) is 0 Å². The van der Waals surface area contributed by atoms with Crippen molar-refractivity contribution in [1.82, 2.24) is 5.32 Å². The molecule has 1 rings (SSSR count). The molecule has 0 aromatic carbocycles. The lowest BCUT2D eigenvalue weighted by Crippen LogP contribution is -2.28. The summed E-state index contributed by atoms with van der Waals surface area (Å²) >= 11 is 0. The van der Waals surface area contributed by atoms with E-state index in [1.165, 1.54) is 12.8 Å². The molecule has 0 bridgehead atoms. The summed E-state index contributed by atoms with van der Waals surface area (Å²) in [5, 5.41) is 3.32. The number of alkyl halides is 1. The first-order valence-corrected chi connectivity index (χ1v) is 4.78. The van der Waals surface area contributed by atoms with Gasteiger partial charge < -0.3 is 10.1 Å². The van der Waals surface area contributed by atoms with Gasteiger partial charge in [-0.05, 0) is 38.3 Å². The Balaban J connectivity index is 1.91. The van der Waals surface area contributed by atoms with Crippen LogP contribution in [-0.2, 0) is 4.74 Å². The fraction of sp³-hybridized carbons (Fsp3) is 1.00.